The Labute approximate surface area is 154 Å². The van der Waals surface area contributed by atoms with Crippen LogP contribution in [0.25, 0.3) is 16.8 Å². The molecular formula is C20H17N3O2S. The van der Waals surface area contributed by atoms with Gasteiger partial charge in [0, 0.05) is 34.2 Å². The third-order valence-electron chi connectivity index (χ3n) is 4.00. The van der Waals surface area contributed by atoms with Crippen LogP contribution in [-0.4, -0.2) is 21.7 Å². The fourth-order valence-corrected chi connectivity index (χ4v) is 3.64. The molecule has 0 fully saturated rings. The van der Waals surface area contributed by atoms with Crippen LogP contribution in [0.2, 0.25) is 0 Å². The average Bonchev–Trinajstić information content (AvgIpc) is 3.08. The van der Waals surface area contributed by atoms with E-state index in [1.54, 1.807) is 25.1 Å². The first-order valence-electron chi connectivity index (χ1n) is 8.17. The summed E-state index contributed by atoms with van der Waals surface area (Å²) < 4.78 is 6.50. The van der Waals surface area contributed by atoms with Crippen LogP contribution >= 0.6 is 11.8 Å². The van der Waals surface area contributed by atoms with Crippen LogP contribution in [0.15, 0.2) is 81.4 Å². The molecule has 130 valence electrons. The minimum atomic E-state index is -0.173. The van der Waals surface area contributed by atoms with Gasteiger partial charge in [0.05, 0.1) is 12.8 Å². The zero-order chi connectivity index (χ0) is 17.9. The summed E-state index contributed by atoms with van der Waals surface area (Å²) in [5.74, 6) is 0. The Balaban J connectivity index is 1.68. The number of hydrogen-bond acceptors (Lipinski definition) is 4. The van der Waals surface area contributed by atoms with Crippen molar-refractivity contribution in [2.45, 2.75) is 16.4 Å². The maximum absolute atomic E-state index is 12.2. The largest absolute Gasteiger partial charge is 0.378 e. The molecule has 2 heterocycles. The van der Waals surface area contributed by atoms with Gasteiger partial charge in [0.25, 0.3) is 5.56 Å². The molecular weight excluding hydrogens is 346 g/mol. The molecule has 5 nitrogen and oxygen atoms in total. The summed E-state index contributed by atoms with van der Waals surface area (Å²) in [6.45, 7) is 0.350. The number of hydrogen-bond donors (Lipinski definition) is 1. The molecule has 6 heteroatoms. The SMILES string of the molecule is COCc1cc(=O)n2ncc(-c3ccc(Sc4ccccc4)cc3)c2[nH]1. The van der Waals surface area contributed by atoms with E-state index in [1.807, 2.05) is 30.3 Å². The highest BCUT2D eigenvalue weighted by Crippen LogP contribution is 2.30. The minimum absolute atomic E-state index is 0.173. The van der Waals surface area contributed by atoms with Gasteiger partial charge >= 0.3 is 0 Å². The summed E-state index contributed by atoms with van der Waals surface area (Å²) in [6, 6.07) is 20.0. The number of nitrogens with zero attached hydrogens (tertiary/aromatic N) is 2. The number of aromatic nitrogens is 3. The van der Waals surface area contributed by atoms with E-state index in [9.17, 15) is 4.79 Å². The second-order valence-corrected chi connectivity index (χ2v) is 6.97. The van der Waals surface area contributed by atoms with Gasteiger partial charge in [-0.25, -0.2) is 0 Å². The predicted molar refractivity (Wildman–Crippen MR) is 103 cm³/mol. The van der Waals surface area contributed by atoms with Gasteiger partial charge in [-0.3, -0.25) is 4.79 Å². The quantitative estimate of drug-likeness (QED) is 0.582. The zero-order valence-corrected chi connectivity index (χ0v) is 15.0. The van der Waals surface area contributed by atoms with E-state index in [-0.39, 0.29) is 5.56 Å². The van der Waals surface area contributed by atoms with Crippen LogP contribution in [-0.2, 0) is 11.3 Å². The number of benzene rings is 2. The molecule has 26 heavy (non-hydrogen) atoms. The summed E-state index contributed by atoms with van der Waals surface area (Å²) in [6.07, 6.45) is 1.71. The highest BCUT2D eigenvalue weighted by atomic mass is 32.2. The van der Waals surface area contributed by atoms with Crippen LogP contribution in [0.3, 0.4) is 0 Å². The lowest BCUT2D eigenvalue weighted by Crippen LogP contribution is -2.15. The average molecular weight is 363 g/mol. The van der Waals surface area contributed by atoms with Gasteiger partial charge in [0.1, 0.15) is 5.65 Å². The van der Waals surface area contributed by atoms with Crippen LogP contribution < -0.4 is 5.56 Å². The lowest BCUT2D eigenvalue weighted by molar-refractivity contribution is 0.181. The van der Waals surface area contributed by atoms with Crippen LogP contribution in [0.5, 0.6) is 0 Å². The number of aromatic amines is 1. The summed E-state index contributed by atoms with van der Waals surface area (Å²) in [4.78, 5) is 17.8. The topological polar surface area (TPSA) is 59.4 Å². The van der Waals surface area contributed by atoms with Crippen LogP contribution in [0.1, 0.15) is 5.69 Å². The molecule has 2 aromatic carbocycles. The van der Waals surface area contributed by atoms with Crippen LogP contribution in [0.4, 0.5) is 0 Å². The van der Waals surface area contributed by atoms with Crippen molar-refractivity contribution in [2.24, 2.45) is 0 Å². The number of methoxy groups -OCH3 is 1. The van der Waals surface area contributed by atoms with Crippen molar-refractivity contribution in [1.82, 2.24) is 14.6 Å². The fourth-order valence-electron chi connectivity index (χ4n) is 2.81. The Morgan fingerprint density at radius 1 is 1.08 bits per heavy atom. The summed E-state index contributed by atoms with van der Waals surface area (Å²) in [5.41, 5.74) is 3.11. The molecule has 0 saturated heterocycles. The van der Waals surface area contributed by atoms with E-state index in [0.717, 1.165) is 21.7 Å². The maximum atomic E-state index is 12.2. The molecule has 0 unspecified atom stereocenters. The van der Waals surface area contributed by atoms with Gasteiger partial charge < -0.3 is 9.72 Å². The standard InChI is InChI=1S/C20H17N3O2S/c1-25-13-15-11-19(24)23-20(22-15)18(12-21-23)14-7-9-17(10-8-14)26-16-5-3-2-4-6-16/h2-12,22H,13H2,1H3. The van der Waals surface area contributed by atoms with Gasteiger partial charge in [0.15, 0.2) is 0 Å². The van der Waals surface area contributed by atoms with E-state index in [4.69, 9.17) is 4.74 Å². The van der Waals surface area contributed by atoms with Crippen molar-refractivity contribution in [1.29, 1.82) is 0 Å². The summed E-state index contributed by atoms with van der Waals surface area (Å²) in [7, 11) is 1.60. The number of fused-ring (bicyclic) bond motifs is 1. The van der Waals surface area contributed by atoms with Gasteiger partial charge in [-0.1, -0.05) is 42.1 Å². The Bertz CT molecular complexity index is 1090. The van der Waals surface area contributed by atoms with Crippen molar-refractivity contribution in [3.8, 4) is 11.1 Å². The van der Waals surface area contributed by atoms with Crippen molar-refractivity contribution in [3.05, 3.63) is 82.9 Å². The zero-order valence-electron chi connectivity index (χ0n) is 14.2. The molecule has 0 aliphatic carbocycles. The maximum Gasteiger partial charge on any atom is 0.274 e. The normalized spacial score (nSPS) is 11.1. The van der Waals surface area contributed by atoms with Crippen LogP contribution in [0, 0.1) is 0 Å². The summed E-state index contributed by atoms with van der Waals surface area (Å²) >= 11 is 1.71. The van der Waals surface area contributed by atoms with Gasteiger partial charge in [-0.05, 0) is 29.8 Å². The molecule has 0 bridgehead atoms. The second kappa shape index (κ2) is 7.19. The van der Waals surface area contributed by atoms with Gasteiger partial charge in [-0.15, -0.1) is 0 Å². The fraction of sp³-hybridized carbons (Fsp3) is 0.100. The molecule has 0 spiro atoms. The van der Waals surface area contributed by atoms with E-state index < -0.39 is 0 Å². The number of rotatable bonds is 5. The smallest absolute Gasteiger partial charge is 0.274 e. The van der Waals surface area contributed by atoms with Crippen molar-refractivity contribution >= 4 is 17.4 Å². The van der Waals surface area contributed by atoms with Gasteiger partial charge in [-0.2, -0.15) is 9.61 Å². The molecule has 4 rings (SSSR count). The van der Waals surface area contributed by atoms with Crippen molar-refractivity contribution in [3.63, 3.8) is 0 Å². The Morgan fingerprint density at radius 2 is 1.81 bits per heavy atom. The minimum Gasteiger partial charge on any atom is -0.378 e. The number of H-pyrrole nitrogens is 1. The highest BCUT2D eigenvalue weighted by Gasteiger charge is 2.11. The highest BCUT2D eigenvalue weighted by molar-refractivity contribution is 7.99. The van der Waals surface area contributed by atoms with E-state index in [0.29, 0.717) is 12.3 Å². The lowest BCUT2D eigenvalue weighted by atomic mass is 10.1. The molecule has 0 aliphatic heterocycles. The Hall–Kier alpha value is -2.83. The van der Waals surface area contributed by atoms with E-state index in [2.05, 4.69) is 34.3 Å². The first kappa shape index (κ1) is 16.6. The van der Waals surface area contributed by atoms with E-state index in [1.165, 1.54) is 15.5 Å². The molecule has 1 N–H and O–H groups in total. The molecule has 4 aromatic rings. The number of nitrogens with one attached hydrogen (secondary N) is 1. The van der Waals surface area contributed by atoms with Crippen molar-refractivity contribution < 1.29 is 4.74 Å². The lowest BCUT2D eigenvalue weighted by Gasteiger charge is -2.05. The molecule has 0 saturated carbocycles. The van der Waals surface area contributed by atoms with E-state index >= 15 is 0 Å². The Morgan fingerprint density at radius 3 is 2.54 bits per heavy atom. The number of ether oxygens (including phenoxy) is 1. The molecule has 0 amide bonds. The third-order valence-corrected chi connectivity index (χ3v) is 5.01. The Kier molecular flexibility index (Phi) is 4.60. The predicted octanol–water partition coefficient (Wildman–Crippen LogP) is 3.99. The van der Waals surface area contributed by atoms with Crippen molar-refractivity contribution in [2.75, 3.05) is 7.11 Å². The molecule has 2 aromatic heterocycles. The monoisotopic (exact) mass is 363 g/mol. The second-order valence-electron chi connectivity index (χ2n) is 5.82. The summed E-state index contributed by atoms with van der Waals surface area (Å²) in [5, 5.41) is 4.21. The first-order valence-corrected chi connectivity index (χ1v) is 8.98. The van der Waals surface area contributed by atoms with Gasteiger partial charge in [0.2, 0.25) is 0 Å². The molecule has 0 atom stereocenters. The molecule has 0 radical (unpaired) electrons. The first-order chi connectivity index (χ1) is 12.7. The third kappa shape index (κ3) is 3.29. The molecule has 0 aliphatic rings.